The van der Waals surface area contributed by atoms with E-state index < -0.39 is 0 Å². The van der Waals surface area contributed by atoms with Gasteiger partial charge in [-0.25, -0.2) is 0 Å². The summed E-state index contributed by atoms with van der Waals surface area (Å²) < 4.78 is 5.50. The molecule has 0 radical (unpaired) electrons. The van der Waals surface area contributed by atoms with Gasteiger partial charge in [0.1, 0.15) is 0 Å². The van der Waals surface area contributed by atoms with Crippen molar-refractivity contribution in [3.63, 3.8) is 0 Å². The molecule has 3 heteroatoms. The summed E-state index contributed by atoms with van der Waals surface area (Å²) in [6.45, 7) is 2.59. The van der Waals surface area contributed by atoms with Crippen LogP contribution >= 0.6 is 0 Å². The van der Waals surface area contributed by atoms with E-state index in [9.17, 15) is 0 Å². The summed E-state index contributed by atoms with van der Waals surface area (Å²) in [7, 11) is 0. The Morgan fingerprint density at radius 2 is 2.05 bits per heavy atom. The molecule has 0 amide bonds. The van der Waals surface area contributed by atoms with Gasteiger partial charge in [0, 0.05) is 25.0 Å². The summed E-state index contributed by atoms with van der Waals surface area (Å²) in [6.07, 6.45) is 4.68. The van der Waals surface area contributed by atoms with Crippen LogP contribution in [0.3, 0.4) is 0 Å². The molecular formula is C16H18N2O. The zero-order valence-corrected chi connectivity index (χ0v) is 10.9. The molecule has 98 valence electrons. The largest absolute Gasteiger partial charge is 0.379 e. The second-order valence-corrected chi connectivity index (χ2v) is 4.87. The first-order valence-electron chi connectivity index (χ1n) is 6.72. The lowest BCUT2D eigenvalue weighted by molar-refractivity contribution is 0.0770. The van der Waals surface area contributed by atoms with Crippen LogP contribution in [-0.4, -0.2) is 30.8 Å². The van der Waals surface area contributed by atoms with Crippen molar-refractivity contribution in [2.24, 2.45) is 0 Å². The van der Waals surface area contributed by atoms with Gasteiger partial charge in [0.15, 0.2) is 0 Å². The summed E-state index contributed by atoms with van der Waals surface area (Å²) in [5.74, 6) is 0. The molecular weight excluding hydrogens is 236 g/mol. The van der Waals surface area contributed by atoms with Crippen LogP contribution in [0.15, 0.2) is 48.8 Å². The lowest BCUT2D eigenvalue weighted by atomic mass is 10.00. The van der Waals surface area contributed by atoms with Crippen molar-refractivity contribution >= 4 is 0 Å². The van der Waals surface area contributed by atoms with Crippen LogP contribution in [0.25, 0.3) is 11.1 Å². The molecule has 1 atom stereocenters. The Morgan fingerprint density at radius 1 is 1.16 bits per heavy atom. The van der Waals surface area contributed by atoms with E-state index in [2.05, 4.69) is 34.6 Å². The first-order chi connectivity index (χ1) is 9.42. The zero-order chi connectivity index (χ0) is 12.9. The Morgan fingerprint density at radius 3 is 2.84 bits per heavy atom. The highest BCUT2D eigenvalue weighted by molar-refractivity contribution is 5.63. The summed E-state index contributed by atoms with van der Waals surface area (Å²) in [6, 6.07) is 13.2. The molecule has 1 N–H and O–H groups in total. The van der Waals surface area contributed by atoms with Gasteiger partial charge in [-0.2, -0.15) is 0 Å². The third-order valence-corrected chi connectivity index (χ3v) is 3.42. The van der Waals surface area contributed by atoms with E-state index in [0.717, 1.165) is 26.2 Å². The molecule has 3 rings (SSSR count). The molecule has 1 fully saturated rings. The van der Waals surface area contributed by atoms with E-state index >= 15 is 0 Å². The molecule has 3 nitrogen and oxygen atoms in total. The number of ether oxygens (including phenoxy) is 1. The molecule has 2 heterocycles. The maximum absolute atomic E-state index is 5.50. The van der Waals surface area contributed by atoms with Gasteiger partial charge in [0.05, 0.1) is 13.2 Å². The summed E-state index contributed by atoms with van der Waals surface area (Å²) in [5, 5.41) is 3.49. The molecule has 0 spiro atoms. The van der Waals surface area contributed by atoms with E-state index in [1.807, 2.05) is 24.5 Å². The van der Waals surface area contributed by atoms with Gasteiger partial charge in [-0.05, 0) is 35.2 Å². The fourth-order valence-corrected chi connectivity index (χ4v) is 2.46. The van der Waals surface area contributed by atoms with Crippen molar-refractivity contribution in [1.82, 2.24) is 10.3 Å². The van der Waals surface area contributed by atoms with Crippen molar-refractivity contribution in [1.29, 1.82) is 0 Å². The zero-order valence-electron chi connectivity index (χ0n) is 10.9. The SMILES string of the molecule is c1cc(C[C@@H]2COCCN2)cc(-c2ccncc2)c1. The third-order valence-electron chi connectivity index (χ3n) is 3.42. The second-order valence-electron chi connectivity index (χ2n) is 4.87. The normalized spacial score (nSPS) is 19.3. The van der Waals surface area contributed by atoms with Crippen LogP contribution in [0.1, 0.15) is 5.56 Å². The number of morpholine rings is 1. The number of hydrogen-bond acceptors (Lipinski definition) is 3. The molecule has 19 heavy (non-hydrogen) atoms. The minimum absolute atomic E-state index is 0.432. The van der Waals surface area contributed by atoms with E-state index in [1.165, 1.54) is 16.7 Å². The Hall–Kier alpha value is -1.71. The molecule has 0 aliphatic carbocycles. The van der Waals surface area contributed by atoms with Crippen molar-refractivity contribution < 1.29 is 4.74 Å². The van der Waals surface area contributed by atoms with Gasteiger partial charge in [-0.15, -0.1) is 0 Å². The van der Waals surface area contributed by atoms with Gasteiger partial charge < -0.3 is 10.1 Å². The minimum atomic E-state index is 0.432. The van der Waals surface area contributed by atoms with Gasteiger partial charge in [-0.1, -0.05) is 24.3 Å². The number of hydrogen-bond donors (Lipinski definition) is 1. The Labute approximate surface area is 113 Å². The molecule has 1 aliphatic heterocycles. The topological polar surface area (TPSA) is 34.1 Å². The van der Waals surface area contributed by atoms with Crippen molar-refractivity contribution in [3.8, 4) is 11.1 Å². The summed E-state index contributed by atoms with van der Waals surface area (Å²) in [4.78, 5) is 4.06. The maximum atomic E-state index is 5.50. The van der Waals surface area contributed by atoms with Crippen molar-refractivity contribution in [2.75, 3.05) is 19.8 Å². The average molecular weight is 254 g/mol. The van der Waals surface area contributed by atoms with E-state index in [4.69, 9.17) is 4.74 Å². The Balaban J connectivity index is 1.76. The van der Waals surface area contributed by atoms with Crippen molar-refractivity contribution in [2.45, 2.75) is 12.5 Å². The van der Waals surface area contributed by atoms with E-state index in [1.54, 1.807) is 0 Å². The number of aromatic nitrogens is 1. The van der Waals surface area contributed by atoms with E-state index in [0.29, 0.717) is 6.04 Å². The fourth-order valence-electron chi connectivity index (χ4n) is 2.46. The monoisotopic (exact) mass is 254 g/mol. The quantitative estimate of drug-likeness (QED) is 0.912. The first-order valence-corrected chi connectivity index (χ1v) is 6.72. The van der Waals surface area contributed by atoms with Crippen LogP contribution in [0.2, 0.25) is 0 Å². The van der Waals surface area contributed by atoms with Gasteiger partial charge in [0.2, 0.25) is 0 Å². The third kappa shape index (κ3) is 3.19. The molecule has 0 bridgehead atoms. The lowest BCUT2D eigenvalue weighted by Crippen LogP contribution is -2.42. The number of nitrogens with zero attached hydrogens (tertiary/aromatic N) is 1. The highest BCUT2D eigenvalue weighted by Crippen LogP contribution is 2.20. The standard InChI is InChI=1S/C16H18N2O/c1-2-13(11-16-12-19-9-8-18-16)10-15(3-1)14-4-6-17-7-5-14/h1-7,10,16,18H,8-9,11-12H2/t16-/m1/s1. The van der Waals surface area contributed by atoms with Gasteiger partial charge >= 0.3 is 0 Å². The Kier molecular flexibility index (Phi) is 3.86. The highest BCUT2D eigenvalue weighted by atomic mass is 16.5. The second kappa shape index (κ2) is 5.95. The van der Waals surface area contributed by atoms with Crippen molar-refractivity contribution in [3.05, 3.63) is 54.4 Å². The lowest BCUT2D eigenvalue weighted by Gasteiger charge is -2.24. The van der Waals surface area contributed by atoms with Gasteiger partial charge in [-0.3, -0.25) is 4.98 Å². The van der Waals surface area contributed by atoms with Gasteiger partial charge in [0.25, 0.3) is 0 Å². The predicted molar refractivity (Wildman–Crippen MR) is 76.0 cm³/mol. The molecule has 0 saturated carbocycles. The average Bonchev–Trinajstić information content (AvgIpc) is 2.49. The van der Waals surface area contributed by atoms with Crippen LogP contribution in [0, 0.1) is 0 Å². The summed E-state index contributed by atoms with van der Waals surface area (Å²) in [5.41, 5.74) is 3.80. The first kappa shape index (κ1) is 12.3. The summed E-state index contributed by atoms with van der Waals surface area (Å²) >= 11 is 0. The maximum Gasteiger partial charge on any atom is 0.0623 e. The molecule has 1 aliphatic rings. The smallest absolute Gasteiger partial charge is 0.0623 e. The fraction of sp³-hybridized carbons (Fsp3) is 0.312. The van der Waals surface area contributed by atoms with Crippen LogP contribution < -0.4 is 5.32 Å². The number of pyridine rings is 1. The number of benzene rings is 1. The Bertz CT molecular complexity index is 521. The van der Waals surface area contributed by atoms with E-state index in [-0.39, 0.29) is 0 Å². The molecule has 0 unspecified atom stereocenters. The van der Waals surface area contributed by atoms with Crippen LogP contribution in [-0.2, 0) is 11.2 Å². The van der Waals surface area contributed by atoms with Crippen LogP contribution in [0.5, 0.6) is 0 Å². The minimum Gasteiger partial charge on any atom is -0.379 e. The molecule has 1 aromatic heterocycles. The predicted octanol–water partition coefficient (Wildman–Crippen LogP) is 2.28. The molecule has 1 saturated heterocycles. The number of nitrogens with one attached hydrogen (secondary N) is 1. The highest BCUT2D eigenvalue weighted by Gasteiger charge is 2.13. The number of rotatable bonds is 3. The van der Waals surface area contributed by atoms with Crippen LogP contribution in [0.4, 0.5) is 0 Å². The molecule has 1 aromatic carbocycles. The molecule has 2 aromatic rings.